The molecule has 2 aromatic rings. The minimum atomic E-state index is -0.176. The number of carbonyl (C=O) groups excluding carboxylic acids is 1. The number of ether oxygens (including phenoxy) is 1. The van der Waals surface area contributed by atoms with Gasteiger partial charge in [-0.15, -0.1) is 0 Å². The molecule has 2 rings (SSSR count). The summed E-state index contributed by atoms with van der Waals surface area (Å²) in [4.78, 5) is 17.9. The number of nitrogens with two attached hydrogens (primary N) is 1. The molecule has 19 heavy (non-hydrogen) atoms. The van der Waals surface area contributed by atoms with E-state index in [4.69, 9.17) is 10.5 Å². The molecular weight excluding hydrogens is 242 g/mol. The van der Waals surface area contributed by atoms with Crippen LogP contribution in [0.4, 0.5) is 11.4 Å². The summed E-state index contributed by atoms with van der Waals surface area (Å²) >= 11 is 0. The second-order valence-corrected chi connectivity index (χ2v) is 4.04. The highest BCUT2D eigenvalue weighted by Crippen LogP contribution is 2.22. The Morgan fingerprint density at radius 2 is 2.16 bits per heavy atom. The number of anilines is 2. The van der Waals surface area contributed by atoms with Crippen LogP contribution in [0.2, 0.25) is 0 Å². The Labute approximate surface area is 111 Å². The van der Waals surface area contributed by atoms with E-state index in [1.54, 1.807) is 37.5 Å². The number of carbonyl (C=O) groups is 1. The van der Waals surface area contributed by atoms with Crippen molar-refractivity contribution in [3.8, 4) is 5.75 Å². The Hall–Kier alpha value is -2.56. The number of rotatable bonds is 3. The zero-order chi connectivity index (χ0) is 13.8. The van der Waals surface area contributed by atoms with E-state index in [9.17, 15) is 4.79 Å². The lowest BCUT2D eigenvalue weighted by molar-refractivity contribution is 0.0990. The van der Waals surface area contributed by atoms with Crippen LogP contribution < -0.4 is 15.4 Å². The Balaban J connectivity index is 2.33. The van der Waals surface area contributed by atoms with Crippen LogP contribution in [0.15, 0.2) is 42.7 Å². The van der Waals surface area contributed by atoms with Gasteiger partial charge >= 0.3 is 0 Å². The molecule has 1 amide bonds. The normalized spacial score (nSPS) is 10.0. The van der Waals surface area contributed by atoms with Crippen LogP contribution in [0.3, 0.4) is 0 Å². The third-order valence-corrected chi connectivity index (χ3v) is 2.80. The van der Waals surface area contributed by atoms with Crippen LogP contribution in [0.5, 0.6) is 5.75 Å². The molecule has 0 saturated heterocycles. The minimum absolute atomic E-state index is 0.176. The molecule has 5 nitrogen and oxygen atoms in total. The van der Waals surface area contributed by atoms with E-state index in [1.165, 1.54) is 18.2 Å². The van der Waals surface area contributed by atoms with Crippen molar-refractivity contribution in [3.05, 3.63) is 48.3 Å². The fourth-order valence-corrected chi connectivity index (χ4v) is 1.75. The average Bonchev–Trinajstić information content (AvgIpc) is 2.45. The van der Waals surface area contributed by atoms with Gasteiger partial charge in [-0.1, -0.05) is 6.07 Å². The lowest BCUT2D eigenvalue weighted by atomic mass is 10.2. The molecule has 0 atom stereocenters. The summed E-state index contributed by atoms with van der Waals surface area (Å²) in [6.45, 7) is 0. The summed E-state index contributed by atoms with van der Waals surface area (Å²) < 4.78 is 5.14. The number of nitrogen functional groups attached to an aromatic ring is 1. The first kappa shape index (κ1) is 12.9. The summed E-state index contributed by atoms with van der Waals surface area (Å²) in [6.07, 6.45) is 3.07. The molecule has 1 aromatic heterocycles. The predicted molar refractivity (Wildman–Crippen MR) is 74.4 cm³/mol. The molecule has 1 heterocycles. The van der Waals surface area contributed by atoms with Gasteiger partial charge in [0.05, 0.1) is 18.9 Å². The molecule has 2 N–H and O–H groups in total. The summed E-state index contributed by atoms with van der Waals surface area (Å²) in [7, 11) is 3.20. The number of aromatic nitrogens is 1. The van der Waals surface area contributed by atoms with Gasteiger partial charge in [0.1, 0.15) is 5.75 Å². The number of methoxy groups -OCH3 is 1. The maximum absolute atomic E-state index is 12.4. The molecule has 0 aliphatic heterocycles. The van der Waals surface area contributed by atoms with Crippen molar-refractivity contribution < 1.29 is 9.53 Å². The Bertz CT molecular complexity index is 599. The predicted octanol–water partition coefficient (Wildman–Crippen LogP) is 1.95. The van der Waals surface area contributed by atoms with Crippen molar-refractivity contribution in [2.24, 2.45) is 0 Å². The zero-order valence-corrected chi connectivity index (χ0v) is 10.8. The Morgan fingerprint density at radius 1 is 1.37 bits per heavy atom. The molecule has 0 fully saturated rings. The third-order valence-electron chi connectivity index (χ3n) is 2.80. The maximum Gasteiger partial charge on any atom is 0.261 e. The molecular formula is C14H15N3O2. The minimum Gasteiger partial charge on any atom is -0.494 e. The summed E-state index contributed by atoms with van der Waals surface area (Å²) in [5, 5.41) is 0. The van der Waals surface area contributed by atoms with Gasteiger partial charge in [-0.05, 0) is 24.3 Å². The van der Waals surface area contributed by atoms with Crippen LogP contribution in [-0.4, -0.2) is 25.0 Å². The van der Waals surface area contributed by atoms with Gasteiger partial charge in [0.15, 0.2) is 0 Å². The highest BCUT2D eigenvalue weighted by atomic mass is 16.5. The summed E-state index contributed by atoms with van der Waals surface area (Å²) in [6, 6.07) is 8.77. The topological polar surface area (TPSA) is 68.5 Å². The van der Waals surface area contributed by atoms with E-state index < -0.39 is 0 Å². The number of hydrogen-bond donors (Lipinski definition) is 1. The molecule has 0 aliphatic carbocycles. The largest absolute Gasteiger partial charge is 0.494 e. The molecule has 0 radical (unpaired) electrons. The standard InChI is InChI=1S/C14H15N3O2/c1-17(11-5-3-4-10(15)8-11)14(18)12-6-7-16-9-13(12)19-2/h3-9H,15H2,1-2H3. The van der Waals surface area contributed by atoms with Gasteiger partial charge < -0.3 is 15.4 Å². The Morgan fingerprint density at radius 3 is 2.84 bits per heavy atom. The van der Waals surface area contributed by atoms with Gasteiger partial charge in [-0.2, -0.15) is 0 Å². The first-order valence-electron chi connectivity index (χ1n) is 5.75. The van der Waals surface area contributed by atoms with Gasteiger partial charge in [-0.25, -0.2) is 0 Å². The molecule has 0 bridgehead atoms. The smallest absolute Gasteiger partial charge is 0.261 e. The zero-order valence-electron chi connectivity index (χ0n) is 10.8. The van der Waals surface area contributed by atoms with Gasteiger partial charge in [0, 0.05) is 24.6 Å². The van der Waals surface area contributed by atoms with Crippen LogP contribution in [0.1, 0.15) is 10.4 Å². The molecule has 0 saturated carbocycles. The highest BCUT2D eigenvalue weighted by Gasteiger charge is 2.17. The number of amides is 1. The quantitative estimate of drug-likeness (QED) is 0.853. The molecule has 1 aromatic carbocycles. The second kappa shape index (κ2) is 5.39. The van der Waals surface area contributed by atoms with E-state index in [0.717, 1.165) is 5.69 Å². The fourth-order valence-electron chi connectivity index (χ4n) is 1.75. The van der Waals surface area contributed by atoms with E-state index in [-0.39, 0.29) is 5.91 Å². The second-order valence-electron chi connectivity index (χ2n) is 4.04. The number of nitrogens with zero attached hydrogens (tertiary/aromatic N) is 2. The highest BCUT2D eigenvalue weighted by molar-refractivity contribution is 6.07. The first-order valence-corrected chi connectivity index (χ1v) is 5.75. The van der Waals surface area contributed by atoms with E-state index in [1.807, 2.05) is 6.07 Å². The molecule has 0 unspecified atom stereocenters. The van der Waals surface area contributed by atoms with Crippen molar-refractivity contribution in [2.45, 2.75) is 0 Å². The molecule has 0 spiro atoms. The third kappa shape index (κ3) is 2.65. The van der Waals surface area contributed by atoms with Crippen molar-refractivity contribution in [1.29, 1.82) is 0 Å². The van der Waals surface area contributed by atoms with Crippen molar-refractivity contribution in [1.82, 2.24) is 4.98 Å². The first-order chi connectivity index (χ1) is 9.13. The monoisotopic (exact) mass is 257 g/mol. The Kier molecular flexibility index (Phi) is 3.66. The van der Waals surface area contributed by atoms with Gasteiger partial charge in [0.2, 0.25) is 0 Å². The van der Waals surface area contributed by atoms with Gasteiger partial charge in [-0.3, -0.25) is 9.78 Å². The molecule has 98 valence electrons. The van der Waals surface area contributed by atoms with E-state index >= 15 is 0 Å². The molecule has 0 aliphatic rings. The van der Waals surface area contributed by atoms with E-state index in [2.05, 4.69) is 4.98 Å². The number of pyridine rings is 1. The van der Waals surface area contributed by atoms with Gasteiger partial charge in [0.25, 0.3) is 5.91 Å². The lowest BCUT2D eigenvalue weighted by Crippen LogP contribution is -2.26. The van der Waals surface area contributed by atoms with Crippen LogP contribution in [0.25, 0.3) is 0 Å². The maximum atomic E-state index is 12.4. The SMILES string of the molecule is COc1cnccc1C(=O)N(C)c1cccc(N)c1. The van der Waals surface area contributed by atoms with Crippen LogP contribution in [0, 0.1) is 0 Å². The van der Waals surface area contributed by atoms with Crippen molar-refractivity contribution >= 4 is 17.3 Å². The summed E-state index contributed by atoms with van der Waals surface area (Å²) in [5.41, 5.74) is 7.52. The van der Waals surface area contributed by atoms with Crippen LogP contribution >= 0.6 is 0 Å². The van der Waals surface area contributed by atoms with E-state index in [0.29, 0.717) is 17.0 Å². The average molecular weight is 257 g/mol. The number of benzene rings is 1. The number of hydrogen-bond acceptors (Lipinski definition) is 4. The van der Waals surface area contributed by atoms with Crippen LogP contribution in [-0.2, 0) is 0 Å². The summed E-state index contributed by atoms with van der Waals surface area (Å²) in [5.74, 6) is 0.271. The molecule has 5 heteroatoms. The van der Waals surface area contributed by atoms with Crippen molar-refractivity contribution in [3.63, 3.8) is 0 Å². The lowest BCUT2D eigenvalue weighted by Gasteiger charge is -2.18. The fraction of sp³-hybridized carbons (Fsp3) is 0.143. The van der Waals surface area contributed by atoms with Crippen molar-refractivity contribution in [2.75, 3.05) is 24.8 Å².